The summed E-state index contributed by atoms with van der Waals surface area (Å²) in [7, 11) is 3.60. The van der Waals surface area contributed by atoms with E-state index in [1.807, 2.05) is 4.90 Å². The Morgan fingerprint density at radius 1 is 1.27 bits per heavy atom. The smallest absolute Gasteiger partial charge is 0.319 e. The molecule has 3 fully saturated rings. The number of nitrogens with zero attached hydrogens (tertiary/aromatic N) is 4. The molecule has 0 radical (unpaired) electrons. The number of hydrogen-bond donors (Lipinski definition) is 1. The molecule has 3 amide bonds. The number of carbonyl (C=O) groups excluding carboxylic acids is 2. The highest BCUT2D eigenvalue weighted by Crippen LogP contribution is 2.45. The van der Waals surface area contributed by atoms with Gasteiger partial charge in [0.05, 0.1) is 12.6 Å². The number of amides is 3. The number of fused-ring (bicyclic) bond motifs is 1. The number of nitriles is 1. The van der Waals surface area contributed by atoms with Crippen LogP contribution in [-0.2, 0) is 4.79 Å². The second kappa shape index (κ2) is 7.43. The van der Waals surface area contributed by atoms with Crippen molar-refractivity contribution in [3.8, 4) is 6.07 Å². The fourth-order valence-corrected chi connectivity index (χ4v) is 5.05. The van der Waals surface area contributed by atoms with Crippen LogP contribution >= 0.6 is 0 Å². The zero-order valence-corrected chi connectivity index (χ0v) is 16.2. The average Bonchev–Trinajstić information content (AvgIpc) is 3.31. The van der Waals surface area contributed by atoms with Crippen molar-refractivity contribution in [1.82, 2.24) is 20.0 Å². The minimum Gasteiger partial charge on any atom is -0.331 e. The molecular weight excluding hydrogens is 330 g/mol. The van der Waals surface area contributed by atoms with Gasteiger partial charge < -0.3 is 20.0 Å². The number of hydrogen-bond acceptors (Lipinski definition) is 4. The molecule has 1 N–H and O–H groups in total. The number of nitrogens with one attached hydrogen (secondary N) is 1. The van der Waals surface area contributed by atoms with Crippen molar-refractivity contribution in [2.45, 2.75) is 50.6 Å². The van der Waals surface area contributed by atoms with Gasteiger partial charge in [-0.25, -0.2) is 4.79 Å². The first kappa shape index (κ1) is 19.0. The van der Waals surface area contributed by atoms with E-state index in [1.165, 1.54) is 0 Å². The maximum Gasteiger partial charge on any atom is 0.319 e. The van der Waals surface area contributed by atoms with E-state index in [-0.39, 0.29) is 23.5 Å². The summed E-state index contributed by atoms with van der Waals surface area (Å²) in [5.41, 5.74) is -0.0138. The van der Waals surface area contributed by atoms with E-state index in [0.29, 0.717) is 24.9 Å². The summed E-state index contributed by atoms with van der Waals surface area (Å²) in [5, 5.41) is 12.7. The molecule has 1 aliphatic carbocycles. The van der Waals surface area contributed by atoms with E-state index >= 15 is 0 Å². The third kappa shape index (κ3) is 3.52. The predicted molar refractivity (Wildman–Crippen MR) is 98.2 cm³/mol. The van der Waals surface area contributed by atoms with Gasteiger partial charge >= 0.3 is 6.03 Å². The Balaban J connectivity index is 1.55. The minimum absolute atomic E-state index is 0.0138. The lowest BCUT2D eigenvalue weighted by Gasteiger charge is -2.33. The summed E-state index contributed by atoms with van der Waals surface area (Å²) in [6.07, 6.45) is 4.72. The van der Waals surface area contributed by atoms with Crippen molar-refractivity contribution in [3.63, 3.8) is 0 Å². The Morgan fingerprint density at radius 2 is 1.92 bits per heavy atom. The molecule has 26 heavy (non-hydrogen) atoms. The summed E-state index contributed by atoms with van der Waals surface area (Å²) in [4.78, 5) is 30.1. The Labute approximate surface area is 156 Å². The molecule has 7 nitrogen and oxygen atoms in total. The molecule has 2 heterocycles. The maximum atomic E-state index is 12.5. The van der Waals surface area contributed by atoms with Crippen LogP contribution in [0.4, 0.5) is 4.79 Å². The van der Waals surface area contributed by atoms with Crippen molar-refractivity contribution >= 4 is 11.9 Å². The van der Waals surface area contributed by atoms with Gasteiger partial charge in [-0.2, -0.15) is 5.26 Å². The zero-order valence-electron chi connectivity index (χ0n) is 16.2. The number of rotatable bonds is 4. The van der Waals surface area contributed by atoms with Crippen LogP contribution in [0, 0.1) is 23.2 Å². The van der Waals surface area contributed by atoms with Crippen LogP contribution in [0.3, 0.4) is 0 Å². The van der Waals surface area contributed by atoms with E-state index in [4.69, 9.17) is 0 Å². The largest absolute Gasteiger partial charge is 0.331 e. The molecule has 144 valence electrons. The second-order valence-electron chi connectivity index (χ2n) is 8.37. The monoisotopic (exact) mass is 361 g/mol. The van der Waals surface area contributed by atoms with Crippen molar-refractivity contribution in [2.24, 2.45) is 11.8 Å². The molecule has 0 bridgehead atoms. The fourth-order valence-electron chi connectivity index (χ4n) is 5.05. The normalized spacial score (nSPS) is 33.2. The van der Waals surface area contributed by atoms with E-state index in [1.54, 1.807) is 23.9 Å². The molecule has 0 aromatic carbocycles. The summed E-state index contributed by atoms with van der Waals surface area (Å²) in [6, 6.07) is 2.08. The van der Waals surface area contributed by atoms with Gasteiger partial charge in [-0.15, -0.1) is 0 Å². The van der Waals surface area contributed by atoms with Crippen LogP contribution in [0.15, 0.2) is 0 Å². The lowest BCUT2D eigenvalue weighted by Crippen LogP contribution is -2.50. The van der Waals surface area contributed by atoms with Crippen molar-refractivity contribution in [1.29, 1.82) is 5.26 Å². The summed E-state index contributed by atoms with van der Waals surface area (Å²) < 4.78 is 0. The molecule has 1 saturated carbocycles. The van der Waals surface area contributed by atoms with Gasteiger partial charge in [0.15, 0.2) is 0 Å². The number of carbonyl (C=O) groups is 2. The van der Waals surface area contributed by atoms with Gasteiger partial charge in [-0.05, 0) is 43.9 Å². The summed E-state index contributed by atoms with van der Waals surface area (Å²) in [5.74, 6) is 1.07. The minimum atomic E-state index is -0.254. The van der Waals surface area contributed by atoms with Gasteiger partial charge in [0, 0.05) is 39.3 Å². The standard InChI is InChI=1S/C19H31N5O2/c1-4-19(21-11-17(25)24-7-5-6-16(24)10-20)8-14-12-23(13-15(14)9-19)18(26)22(2)3/h14-16,21H,4-9,11-13H2,1-3H3/t14-,15+,16-,19?/m0/s1. The Morgan fingerprint density at radius 3 is 2.46 bits per heavy atom. The Hall–Kier alpha value is -1.81. The first-order chi connectivity index (χ1) is 12.4. The van der Waals surface area contributed by atoms with Gasteiger partial charge in [0.25, 0.3) is 0 Å². The van der Waals surface area contributed by atoms with Crippen LogP contribution in [0.5, 0.6) is 0 Å². The highest BCUT2D eigenvalue weighted by molar-refractivity contribution is 5.79. The van der Waals surface area contributed by atoms with E-state index in [0.717, 1.165) is 45.2 Å². The van der Waals surface area contributed by atoms with Crippen LogP contribution < -0.4 is 5.32 Å². The molecule has 0 aromatic heterocycles. The Bertz CT molecular complexity index is 585. The lowest BCUT2D eigenvalue weighted by atomic mass is 9.92. The molecule has 2 saturated heterocycles. The highest BCUT2D eigenvalue weighted by Gasteiger charge is 2.49. The van der Waals surface area contributed by atoms with Crippen LogP contribution in [0.25, 0.3) is 0 Å². The number of likely N-dealkylation sites (tertiary alicyclic amines) is 2. The van der Waals surface area contributed by atoms with E-state index in [9.17, 15) is 14.9 Å². The number of urea groups is 1. The topological polar surface area (TPSA) is 79.7 Å². The van der Waals surface area contributed by atoms with Crippen LogP contribution in [0.1, 0.15) is 39.0 Å². The average molecular weight is 361 g/mol. The van der Waals surface area contributed by atoms with Crippen LogP contribution in [0.2, 0.25) is 0 Å². The molecule has 0 spiro atoms. The van der Waals surface area contributed by atoms with E-state index < -0.39 is 0 Å². The van der Waals surface area contributed by atoms with Gasteiger partial charge in [-0.1, -0.05) is 6.92 Å². The first-order valence-electron chi connectivity index (χ1n) is 9.79. The van der Waals surface area contributed by atoms with E-state index in [2.05, 4.69) is 18.3 Å². The molecule has 7 heteroatoms. The van der Waals surface area contributed by atoms with Gasteiger partial charge in [-0.3, -0.25) is 4.79 Å². The molecule has 1 unspecified atom stereocenters. The SMILES string of the molecule is CCC1(NCC(=O)N2CCC[C@H]2C#N)C[C@H]2CN(C(=O)N(C)C)C[C@H]2C1. The fraction of sp³-hybridized carbons (Fsp3) is 0.842. The summed E-state index contributed by atoms with van der Waals surface area (Å²) >= 11 is 0. The molecule has 2 aliphatic heterocycles. The van der Waals surface area contributed by atoms with Gasteiger partial charge in [0.1, 0.15) is 6.04 Å². The zero-order chi connectivity index (χ0) is 18.9. The van der Waals surface area contributed by atoms with Gasteiger partial charge in [0.2, 0.25) is 5.91 Å². The molecule has 3 aliphatic rings. The maximum absolute atomic E-state index is 12.5. The predicted octanol–water partition coefficient (Wildman–Crippen LogP) is 1.26. The first-order valence-corrected chi connectivity index (χ1v) is 9.79. The molecular formula is C19H31N5O2. The second-order valence-corrected chi connectivity index (χ2v) is 8.37. The quantitative estimate of drug-likeness (QED) is 0.818. The molecule has 4 atom stereocenters. The summed E-state index contributed by atoms with van der Waals surface area (Å²) in [6.45, 7) is 4.83. The van der Waals surface area contributed by atoms with Crippen molar-refractivity contribution in [2.75, 3.05) is 40.3 Å². The highest BCUT2D eigenvalue weighted by atomic mass is 16.2. The third-order valence-electron chi connectivity index (χ3n) is 6.55. The lowest BCUT2D eigenvalue weighted by molar-refractivity contribution is -0.130. The van der Waals surface area contributed by atoms with Crippen LogP contribution in [-0.4, -0.2) is 78.5 Å². The Kier molecular flexibility index (Phi) is 5.42. The van der Waals surface area contributed by atoms with Crippen molar-refractivity contribution < 1.29 is 9.59 Å². The molecule has 0 aromatic rings. The van der Waals surface area contributed by atoms with Crippen molar-refractivity contribution in [3.05, 3.63) is 0 Å². The molecule has 3 rings (SSSR count). The third-order valence-corrected chi connectivity index (χ3v) is 6.55.